The lowest BCUT2D eigenvalue weighted by atomic mass is 9.99. The summed E-state index contributed by atoms with van der Waals surface area (Å²) < 4.78 is 0. The lowest BCUT2D eigenvalue weighted by Crippen LogP contribution is -2.31. The summed E-state index contributed by atoms with van der Waals surface area (Å²) in [6.07, 6.45) is 5.80. The highest BCUT2D eigenvalue weighted by Crippen LogP contribution is 2.20. The number of aliphatic hydroxyl groups excluding tert-OH is 1. The Balaban J connectivity index is 2.57. The number of aliphatic hydroxyl groups is 1. The molecule has 2 N–H and O–H groups in total. The van der Waals surface area contributed by atoms with Crippen LogP contribution in [0.25, 0.3) is 0 Å². The zero-order valence-corrected chi connectivity index (χ0v) is 11.7. The van der Waals surface area contributed by atoms with Crippen LogP contribution in [0.4, 0.5) is 0 Å². The van der Waals surface area contributed by atoms with Crippen molar-refractivity contribution >= 4 is 0 Å². The van der Waals surface area contributed by atoms with Gasteiger partial charge in [-0.2, -0.15) is 0 Å². The van der Waals surface area contributed by atoms with Crippen molar-refractivity contribution < 1.29 is 5.11 Å². The molecule has 1 aromatic carbocycles. The van der Waals surface area contributed by atoms with Gasteiger partial charge in [0.25, 0.3) is 0 Å². The van der Waals surface area contributed by atoms with Crippen molar-refractivity contribution in [2.75, 3.05) is 6.61 Å². The second-order valence-corrected chi connectivity index (χ2v) is 5.04. The van der Waals surface area contributed by atoms with Crippen LogP contribution in [0, 0.1) is 0 Å². The number of unbranched alkanes of at least 4 members (excludes halogenated alkanes) is 2. The quantitative estimate of drug-likeness (QED) is 0.654. The maximum absolute atomic E-state index is 8.99. The molecule has 0 fully saturated rings. The summed E-state index contributed by atoms with van der Waals surface area (Å²) in [5.41, 5.74) is 1.36. The molecule has 0 aliphatic rings. The van der Waals surface area contributed by atoms with E-state index in [1.54, 1.807) is 0 Å². The van der Waals surface area contributed by atoms with Gasteiger partial charge < -0.3 is 10.4 Å². The summed E-state index contributed by atoms with van der Waals surface area (Å²) in [6.45, 7) is 4.63. The Bertz CT molecular complexity index is 299. The maximum atomic E-state index is 8.99. The van der Waals surface area contributed by atoms with Gasteiger partial charge >= 0.3 is 0 Å². The summed E-state index contributed by atoms with van der Waals surface area (Å²) in [5.74, 6) is 0. The van der Waals surface area contributed by atoms with Gasteiger partial charge in [0.2, 0.25) is 0 Å². The molecular formula is C16H27NO. The molecule has 0 spiro atoms. The fourth-order valence-corrected chi connectivity index (χ4v) is 2.25. The van der Waals surface area contributed by atoms with Crippen molar-refractivity contribution in [1.82, 2.24) is 5.32 Å². The molecule has 1 rings (SSSR count). The first kappa shape index (κ1) is 15.2. The van der Waals surface area contributed by atoms with Crippen molar-refractivity contribution in [3.63, 3.8) is 0 Å². The molecule has 0 heterocycles. The number of nitrogens with one attached hydrogen (secondary N) is 1. The molecule has 102 valence electrons. The van der Waals surface area contributed by atoms with Crippen LogP contribution in [0.15, 0.2) is 30.3 Å². The summed E-state index contributed by atoms with van der Waals surface area (Å²) in [7, 11) is 0. The fourth-order valence-electron chi connectivity index (χ4n) is 2.25. The minimum absolute atomic E-state index is 0.255. The zero-order valence-electron chi connectivity index (χ0n) is 11.7. The Labute approximate surface area is 111 Å². The molecule has 2 atom stereocenters. The summed E-state index contributed by atoms with van der Waals surface area (Å²) in [5, 5.41) is 12.6. The van der Waals surface area contributed by atoms with Crippen LogP contribution in [-0.2, 0) is 0 Å². The van der Waals surface area contributed by atoms with Crippen molar-refractivity contribution in [1.29, 1.82) is 0 Å². The van der Waals surface area contributed by atoms with E-state index < -0.39 is 0 Å². The Kier molecular flexibility index (Phi) is 7.70. The second-order valence-electron chi connectivity index (χ2n) is 5.04. The van der Waals surface area contributed by atoms with Crippen LogP contribution >= 0.6 is 0 Å². The minimum atomic E-state index is 0.255. The van der Waals surface area contributed by atoms with Gasteiger partial charge in [0.05, 0.1) is 0 Å². The molecule has 18 heavy (non-hydrogen) atoms. The third kappa shape index (κ3) is 5.65. The van der Waals surface area contributed by atoms with Crippen LogP contribution in [0.1, 0.15) is 57.6 Å². The lowest BCUT2D eigenvalue weighted by Gasteiger charge is -2.23. The molecule has 2 unspecified atom stereocenters. The molecule has 1 aromatic rings. The average Bonchev–Trinajstić information content (AvgIpc) is 2.39. The van der Waals surface area contributed by atoms with Gasteiger partial charge in [-0.3, -0.25) is 0 Å². The Hall–Kier alpha value is -0.860. The Morgan fingerprint density at radius 3 is 2.44 bits per heavy atom. The first-order valence-corrected chi connectivity index (χ1v) is 7.19. The predicted molar refractivity (Wildman–Crippen MR) is 77.6 cm³/mol. The van der Waals surface area contributed by atoms with Crippen molar-refractivity contribution in [3.05, 3.63) is 35.9 Å². The van der Waals surface area contributed by atoms with E-state index in [1.807, 2.05) is 0 Å². The molecule has 0 aliphatic carbocycles. The Morgan fingerprint density at radius 2 is 1.83 bits per heavy atom. The SMILES string of the molecule is CCCCCC(NC(C)CCO)c1ccccc1. The fraction of sp³-hybridized carbons (Fsp3) is 0.625. The summed E-state index contributed by atoms with van der Waals surface area (Å²) >= 11 is 0. The summed E-state index contributed by atoms with van der Waals surface area (Å²) in [4.78, 5) is 0. The van der Waals surface area contributed by atoms with Gasteiger partial charge in [0.15, 0.2) is 0 Å². The van der Waals surface area contributed by atoms with Crippen molar-refractivity contribution in [2.24, 2.45) is 0 Å². The van der Waals surface area contributed by atoms with Gasteiger partial charge in [0, 0.05) is 18.7 Å². The average molecular weight is 249 g/mol. The zero-order chi connectivity index (χ0) is 13.2. The number of hydrogen-bond donors (Lipinski definition) is 2. The first-order chi connectivity index (χ1) is 8.77. The van der Waals surface area contributed by atoms with Gasteiger partial charge in [-0.1, -0.05) is 56.5 Å². The highest BCUT2D eigenvalue weighted by molar-refractivity contribution is 5.18. The predicted octanol–water partition coefficient (Wildman–Crippen LogP) is 3.67. The van der Waals surface area contributed by atoms with Crippen LogP contribution in [0.5, 0.6) is 0 Å². The van der Waals surface area contributed by atoms with Crippen molar-refractivity contribution in [3.8, 4) is 0 Å². The number of benzene rings is 1. The summed E-state index contributed by atoms with van der Waals surface area (Å²) in [6, 6.07) is 11.4. The Morgan fingerprint density at radius 1 is 1.11 bits per heavy atom. The lowest BCUT2D eigenvalue weighted by molar-refractivity contribution is 0.261. The normalized spacial score (nSPS) is 14.4. The van der Waals surface area contributed by atoms with E-state index in [-0.39, 0.29) is 6.61 Å². The highest BCUT2D eigenvalue weighted by atomic mass is 16.3. The van der Waals surface area contributed by atoms with E-state index >= 15 is 0 Å². The van der Waals surface area contributed by atoms with Gasteiger partial charge in [-0.05, 0) is 25.3 Å². The molecule has 0 saturated carbocycles. The molecule has 0 aliphatic heterocycles. The first-order valence-electron chi connectivity index (χ1n) is 7.19. The molecule has 0 radical (unpaired) electrons. The number of hydrogen-bond acceptors (Lipinski definition) is 2. The topological polar surface area (TPSA) is 32.3 Å². The number of rotatable bonds is 9. The van der Waals surface area contributed by atoms with Crippen LogP contribution < -0.4 is 5.32 Å². The standard InChI is InChI=1S/C16H27NO/c1-3-4-6-11-16(17-14(2)12-13-18)15-9-7-5-8-10-15/h5,7-10,14,16-18H,3-4,6,11-13H2,1-2H3. The third-order valence-electron chi connectivity index (χ3n) is 3.35. The van der Waals surface area contributed by atoms with Crippen LogP contribution in [-0.4, -0.2) is 17.8 Å². The second kappa shape index (κ2) is 9.12. The molecule has 0 bridgehead atoms. The minimum Gasteiger partial charge on any atom is -0.396 e. The third-order valence-corrected chi connectivity index (χ3v) is 3.35. The van der Waals surface area contributed by atoms with E-state index in [9.17, 15) is 0 Å². The molecule has 0 aromatic heterocycles. The van der Waals surface area contributed by atoms with E-state index in [2.05, 4.69) is 49.5 Å². The molecule has 0 amide bonds. The van der Waals surface area contributed by atoms with E-state index in [0.717, 1.165) is 6.42 Å². The molecule has 2 heteroatoms. The van der Waals surface area contributed by atoms with E-state index in [4.69, 9.17) is 5.11 Å². The largest absolute Gasteiger partial charge is 0.396 e. The van der Waals surface area contributed by atoms with E-state index in [1.165, 1.54) is 31.2 Å². The smallest absolute Gasteiger partial charge is 0.0445 e. The molecule has 0 saturated heterocycles. The van der Waals surface area contributed by atoms with Gasteiger partial charge in [-0.15, -0.1) is 0 Å². The van der Waals surface area contributed by atoms with Crippen LogP contribution in [0.2, 0.25) is 0 Å². The maximum Gasteiger partial charge on any atom is 0.0445 e. The van der Waals surface area contributed by atoms with Crippen LogP contribution in [0.3, 0.4) is 0 Å². The monoisotopic (exact) mass is 249 g/mol. The van der Waals surface area contributed by atoms with Gasteiger partial charge in [0.1, 0.15) is 0 Å². The molecule has 2 nitrogen and oxygen atoms in total. The van der Waals surface area contributed by atoms with Crippen molar-refractivity contribution in [2.45, 2.75) is 58.0 Å². The molecular weight excluding hydrogens is 222 g/mol. The van der Waals surface area contributed by atoms with E-state index in [0.29, 0.717) is 12.1 Å². The van der Waals surface area contributed by atoms with Gasteiger partial charge in [-0.25, -0.2) is 0 Å². The highest BCUT2D eigenvalue weighted by Gasteiger charge is 2.13.